The van der Waals surface area contributed by atoms with Gasteiger partial charge in [0.2, 0.25) is 0 Å². The molecule has 4 saturated carbocycles. The number of hydrogen-bond acceptors (Lipinski definition) is 4. The van der Waals surface area contributed by atoms with Crippen molar-refractivity contribution in [3.05, 3.63) is 23.8 Å². The van der Waals surface area contributed by atoms with E-state index in [9.17, 15) is 14.7 Å². The summed E-state index contributed by atoms with van der Waals surface area (Å²) >= 11 is 0. The topological polar surface area (TPSA) is 63.6 Å². The summed E-state index contributed by atoms with van der Waals surface area (Å²) in [4.78, 5) is 27.8. The van der Waals surface area contributed by atoms with Crippen molar-refractivity contribution in [2.24, 2.45) is 50.2 Å². The maximum absolute atomic E-state index is 14.7. The fourth-order valence-electron chi connectivity index (χ4n) is 12.9. The third kappa shape index (κ3) is 7.37. The summed E-state index contributed by atoms with van der Waals surface area (Å²) in [7, 11) is 0. The average molecular weight is 693 g/mol. The molecule has 0 amide bonds. The van der Waals surface area contributed by atoms with E-state index in [4.69, 9.17) is 4.74 Å². The SMILES string of the molecule is CCCCCC/C=C\CCCCCCCC(=O)O[C@H]1CC[C@]2(C)[C@H]3C(=O)C=C4[C@@H]5CC(C)(C)CC[C@]5(CO)CC[C@@]4(C)[C@]3(C)CC[C@H]2C1(C)C. The number of allylic oxidation sites excluding steroid dienone is 4. The van der Waals surface area contributed by atoms with Crippen molar-refractivity contribution in [3.63, 3.8) is 0 Å². The van der Waals surface area contributed by atoms with Crippen molar-refractivity contribution in [1.82, 2.24) is 0 Å². The Labute approximate surface area is 307 Å². The Morgan fingerprint density at radius 2 is 1.46 bits per heavy atom. The number of aliphatic hydroxyl groups excluding tert-OH is 1. The largest absolute Gasteiger partial charge is 0.462 e. The van der Waals surface area contributed by atoms with E-state index in [0.717, 1.165) is 70.6 Å². The molecule has 284 valence electrons. The maximum atomic E-state index is 14.7. The normalized spacial score (nSPS) is 38.8. The number of fused-ring (bicyclic) bond motifs is 7. The zero-order valence-electron chi connectivity index (χ0n) is 33.8. The lowest BCUT2D eigenvalue weighted by molar-refractivity contribution is -0.212. The number of aliphatic hydroxyl groups is 1. The lowest BCUT2D eigenvalue weighted by Gasteiger charge is -2.70. The Kier molecular flexibility index (Phi) is 12.3. The molecule has 0 aliphatic heterocycles. The third-order valence-corrected chi connectivity index (χ3v) is 16.2. The molecule has 5 rings (SSSR count). The summed E-state index contributed by atoms with van der Waals surface area (Å²) in [6.45, 7) is 19.3. The van der Waals surface area contributed by atoms with Crippen LogP contribution >= 0.6 is 0 Å². The number of unbranched alkanes of at least 4 members (excludes halogenated alkanes) is 9. The van der Waals surface area contributed by atoms with E-state index in [2.05, 4.69) is 73.6 Å². The van der Waals surface area contributed by atoms with Gasteiger partial charge in [-0.1, -0.05) is 112 Å². The molecule has 0 aromatic heterocycles. The van der Waals surface area contributed by atoms with E-state index in [1.807, 2.05) is 0 Å². The molecule has 4 fully saturated rings. The Bertz CT molecular complexity index is 1260. The third-order valence-electron chi connectivity index (χ3n) is 16.2. The minimum atomic E-state index is -0.176. The van der Waals surface area contributed by atoms with Gasteiger partial charge in [-0.25, -0.2) is 0 Å². The predicted molar refractivity (Wildman–Crippen MR) is 207 cm³/mol. The zero-order valence-corrected chi connectivity index (χ0v) is 33.8. The van der Waals surface area contributed by atoms with Crippen LogP contribution in [0.1, 0.15) is 190 Å². The lowest BCUT2D eigenvalue weighted by atomic mass is 9.33. The number of ketones is 1. The minimum absolute atomic E-state index is 0.0158. The number of esters is 1. The van der Waals surface area contributed by atoms with E-state index >= 15 is 0 Å². The van der Waals surface area contributed by atoms with Gasteiger partial charge in [0.15, 0.2) is 5.78 Å². The Balaban J connectivity index is 1.17. The molecule has 0 heterocycles. The van der Waals surface area contributed by atoms with Gasteiger partial charge in [-0.15, -0.1) is 0 Å². The first-order valence-corrected chi connectivity index (χ1v) is 21.3. The molecule has 5 aliphatic carbocycles. The molecule has 0 spiro atoms. The molecule has 0 bridgehead atoms. The first kappa shape index (κ1) is 39.8. The van der Waals surface area contributed by atoms with Gasteiger partial charge in [-0.2, -0.15) is 0 Å². The highest BCUT2D eigenvalue weighted by Crippen LogP contribution is 2.75. The van der Waals surface area contributed by atoms with Crippen molar-refractivity contribution < 1.29 is 19.4 Å². The molecule has 1 N–H and O–H groups in total. The average Bonchev–Trinajstić information content (AvgIpc) is 3.05. The molecule has 4 heteroatoms. The van der Waals surface area contributed by atoms with E-state index < -0.39 is 0 Å². The highest BCUT2D eigenvalue weighted by molar-refractivity contribution is 5.95. The van der Waals surface area contributed by atoms with Gasteiger partial charge < -0.3 is 9.84 Å². The van der Waals surface area contributed by atoms with Crippen LogP contribution in [0.2, 0.25) is 0 Å². The number of carbonyl (C=O) groups excluding carboxylic acids is 2. The molecule has 0 aromatic rings. The summed E-state index contributed by atoms with van der Waals surface area (Å²) in [5, 5.41) is 10.8. The van der Waals surface area contributed by atoms with Gasteiger partial charge in [-0.05, 0) is 129 Å². The molecule has 50 heavy (non-hydrogen) atoms. The second-order valence-corrected chi connectivity index (χ2v) is 20.2. The van der Waals surface area contributed by atoms with Gasteiger partial charge in [-0.3, -0.25) is 9.59 Å². The van der Waals surface area contributed by atoms with Crippen LogP contribution in [0.3, 0.4) is 0 Å². The lowest BCUT2D eigenvalue weighted by Crippen LogP contribution is -2.67. The predicted octanol–water partition coefficient (Wildman–Crippen LogP) is 12.1. The molecule has 4 nitrogen and oxygen atoms in total. The second-order valence-electron chi connectivity index (χ2n) is 20.2. The quantitative estimate of drug-likeness (QED) is 0.105. The Hall–Kier alpha value is -1.42. The van der Waals surface area contributed by atoms with Crippen LogP contribution in [0.4, 0.5) is 0 Å². The van der Waals surface area contributed by atoms with Crippen LogP contribution in [0, 0.1) is 50.2 Å². The van der Waals surface area contributed by atoms with Crippen LogP contribution in [-0.4, -0.2) is 29.6 Å². The van der Waals surface area contributed by atoms with Gasteiger partial charge in [0.05, 0.1) is 0 Å². The summed E-state index contributed by atoms with van der Waals surface area (Å²) in [6.07, 6.45) is 30.0. The van der Waals surface area contributed by atoms with Crippen molar-refractivity contribution in [1.29, 1.82) is 0 Å². The fraction of sp³-hybridized carbons (Fsp3) is 0.870. The first-order valence-electron chi connectivity index (χ1n) is 21.3. The van der Waals surface area contributed by atoms with Crippen molar-refractivity contribution in [3.8, 4) is 0 Å². The van der Waals surface area contributed by atoms with Crippen LogP contribution < -0.4 is 0 Å². The first-order chi connectivity index (χ1) is 23.6. The zero-order chi connectivity index (χ0) is 36.4. The molecule has 5 aliphatic rings. The van der Waals surface area contributed by atoms with Gasteiger partial charge in [0, 0.05) is 29.8 Å². The molecular formula is C46H76O4. The maximum Gasteiger partial charge on any atom is 0.306 e. The van der Waals surface area contributed by atoms with E-state index in [1.54, 1.807) is 0 Å². The minimum Gasteiger partial charge on any atom is -0.462 e. The standard InChI is InChI=1S/C46H76O4/c1-9-10-11-12-13-14-15-16-17-18-19-20-21-22-39(49)50-38-24-25-43(6)37(42(38,4)5)23-26-45(8)40(43)36(48)31-34-35-32-41(2,3)27-29-46(35,33-47)30-28-44(34,45)7/h14-15,31,35,37-38,40,47H,9-13,16-30,32-33H2,1-8H3/b15-14-/t35-,37-,38-,40+,43-,44+,45+,46+/m0/s1. The van der Waals surface area contributed by atoms with Crippen LogP contribution in [0.5, 0.6) is 0 Å². The molecule has 0 saturated heterocycles. The summed E-state index contributed by atoms with van der Waals surface area (Å²) in [5.74, 6) is 0.922. The van der Waals surface area contributed by atoms with Crippen molar-refractivity contribution in [2.45, 2.75) is 196 Å². The monoisotopic (exact) mass is 693 g/mol. The highest BCUT2D eigenvalue weighted by Gasteiger charge is 2.70. The number of hydrogen-bond donors (Lipinski definition) is 1. The summed E-state index contributed by atoms with van der Waals surface area (Å²) in [6, 6.07) is 0. The highest BCUT2D eigenvalue weighted by atomic mass is 16.5. The molecule has 8 atom stereocenters. The van der Waals surface area contributed by atoms with E-state index in [1.165, 1.54) is 63.4 Å². The number of carbonyl (C=O) groups is 2. The number of rotatable bonds is 15. The van der Waals surface area contributed by atoms with E-state index in [0.29, 0.717) is 24.0 Å². The van der Waals surface area contributed by atoms with Crippen molar-refractivity contribution >= 4 is 11.8 Å². The van der Waals surface area contributed by atoms with Crippen LogP contribution in [0.15, 0.2) is 23.8 Å². The molecule has 0 radical (unpaired) electrons. The number of ether oxygens (including phenoxy) is 1. The van der Waals surface area contributed by atoms with Crippen LogP contribution in [0.25, 0.3) is 0 Å². The van der Waals surface area contributed by atoms with Gasteiger partial charge in [0.1, 0.15) is 6.10 Å². The Morgan fingerprint density at radius 1 is 0.820 bits per heavy atom. The smallest absolute Gasteiger partial charge is 0.306 e. The fourth-order valence-corrected chi connectivity index (χ4v) is 12.9. The molecular weight excluding hydrogens is 617 g/mol. The van der Waals surface area contributed by atoms with Gasteiger partial charge in [0.25, 0.3) is 0 Å². The van der Waals surface area contributed by atoms with E-state index in [-0.39, 0.29) is 57.1 Å². The molecule has 0 aromatic carbocycles. The van der Waals surface area contributed by atoms with Crippen molar-refractivity contribution in [2.75, 3.05) is 6.61 Å². The Morgan fingerprint density at radius 3 is 2.14 bits per heavy atom. The summed E-state index contributed by atoms with van der Waals surface area (Å²) < 4.78 is 6.33. The van der Waals surface area contributed by atoms with Gasteiger partial charge >= 0.3 is 5.97 Å². The van der Waals surface area contributed by atoms with Crippen LogP contribution in [-0.2, 0) is 14.3 Å². The molecule has 0 unspecified atom stereocenters. The summed E-state index contributed by atoms with van der Waals surface area (Å²) in [5.41, 5.74) is 1.11. The second kappa shape index (κ2) is 15.5.